The maximum absolute atomic E-state index is 8.87. The first-order valence-electron chi connectivity index (χ1n) is 9.52. The third kappa shape index (κ3) is 5.49. The number of nitriles is 1. The normalized spacial score (nSPS) is 15.2. The van der Waals surface area contributed by atoms with Gasteiger partial charge in [0.25, 0.3) is 0 Å². The standard InChI is InChI=1S/C20H25N9/c1-23-11-15(8-21)18-13-27-20(28-17-3-2-16(9-22)25-12-17)29-19(18)26-10-14-4-6-24-7-5-14/h2-3,8,11-14,24H,4-7,10,21H2,1H3,(H2,26,27,28,29). The minimum Gasteiger partial charge on any atom is -0.404 e. The SMILES string of the molecule is CN=CC(=CN)c1cnc(Nc2ccc(C#N)nc2)nc1NCC1CCNCC1. The molecule has 1 aliphatic rings. The first-order valence-corrected chi connectivity index (χ1v) is 9.52. The van der Waals surface area contributed by atoms with Crippen molar-refractivity contribution < 1.29 is 0 Å². The van der Waals surface area contributed by atoms with Crippen molar-refractivity contribution in [3.05, 3.63) is 42.0 Å². The molecule has 0 unspecified atom stereocenters. The van der Waals surface area contributed by atoms with Crippen LogP contribution in [0.25, 0.3) is 5.57 Å². The maximum Gasteiger partial charge on any atom is 0.229 e. The van der Waals surface area contributed by atoms with Crippen LogP contribution in [0, 0.1) is 17.2 Å². The van der Waals surface area contributed by atoms with E-state index in [0.717, 1.165) is 43.6 Å². The van der Waals surface area contributed by atoms with Gasteiger partial charge in [0.15, 0.2) is 0 Å². The smallest absolute Gasteiger partial charge is 0.229 e. The van der Waals surface area contributed by atoms with Crippen LogP contribution in [0.4, 0.5) is 17.5 Å². The van der Waals surface area contributed by atoms with E-state index in [-0.39, 0.29) is 0 Å². The fraction of sp³-hybridized carbons (Fsp3) is 0.350. The predicted molar refractivity (Wildman–Crippen MR) is 115 cm³/mol. The molecule has 5 N–H and O–H groups in total. The zero-order valence-corrected chi connectivity index (χ0v) is 16.4. The lowest BCUT2D eigenvalue weighted by Crippen LogP contribution is -2.31. The van der Waals surface area contributed by atoms with Crippen LogP contribution in [0.5, 0.6) is 0 Å². The van der Waals surface area contributed by atoms with Crippen molar-refractivity contribution in [1.82, 2.24) is 20.3 Å². The number of piperidine rings is 1. The minimum atomic E-state index is 0.354. The van der Waals surface area contributed by atoms with Gasteiger partial charge in [-0.3, -0.25) is 4.99 Å². The summed E-state index contributed by atoms with van der Waals surface area (Å²) in [4.78, 5) is 17.2. The highest BCUT2D eigenvalue weighted by Crippen LogP contribution is 2.24. The van der Waals surface area contributed by atoms with E-state index < -0.39 is 0 Å². The number of allylic oxidation sites excluding steroid dienone is 1. The number of pyridine rings is 1. The zero-order valence-electron chi connectivity index (χ0n) is 16.4. The molecule has 2 aromatic heterocycles. The molecule has 0 amide bonds. The van der Waals surface area contributed by atoms with Crippen LogP contribution in [-0.2, 0) is 0 Å². The molecule has 0 aliphatic carbocycles. The molecule has 1 aliphatic heterocycles. The van der Waals surface area contributed by atoms with E-state index >= 15 is 0 Å². The zero-order chi connectivity index (χ0) is 20.5. The fourth-order valence-corrected chi connectivity index (χ4v) is 3.12. The average Bonchev–Trinajstić information content (AvgIpc) is 2.77. The van der Waals surface area contributed by atoms with Gasteiger partial charge in [-0.15, -0.1) is 0 Å². The number of nitrogens with two attached hydrogens (primary N) is 1. The molecule has 9 nitrogen and oxygen atoms in total. The first-order chi connectivity index (χ1) is 14.2. The van der Waals surface area contributed by atoms with E-state index in [0.29, 0.717) is 29.1 Å². The minimum absolute atomic E-state index is 0.354. The highest BCUT2D eigenvalue weighted by Gasteiger charge is 2.16. The summed E-state index contributed by atoms with van der Waals surface area (Å²) < 4.78 is 0. The summed E-state index contributed by atoms with van der Waals surface area (Å²) in [6, 6.07) is 5.40. The number of aliphatic imine (C=N–C) groups is 1. The van der Waals surface area contributed by atoms with Crippen LogP contribution in [0.3, 0.4) is 0 Å². The van der Waals surface area contributed by atoms with Crippen molar-refractivity contribution in [2.45, 2.75) is 12.8 Å². The van der Waals surface area contributed by atoms with E-state index in [1.165, 1.54) is 6.20 Å². The second kappa shape index (κ2) is 10.1. The number of hydrogen-bond donors (Lipinski definition) is 4. The van der Waals surface area contributed by atoms with Gasteiger partial charge in [0.05, 0.1) is 11.9 Å². The molecule has 1 fully saturated rings. The Kier molecular flexibility index (Phi) is 7.08. The number of nitrogens with one attached hydrogen (secondary N) is 3. The number of anilines is 3. The van der Waals surface area contributed by atoms with E-state index in [9.17, 15) is 0 Å². The molecular formula is C20H25N9. The Hall–Kier alpha value is -3.51. The van der Waals surface area contributed by atoms with E-state index in [2.05, 4.69) is 35.9 Å². The summed E-state index contributed by atoms with van der Waals surface area (Å²) in [6.45, 7) is 2.90. The number of hydrogen-bond acceptors (Lipinski definition) is 9. The van der Waals surface area contributed by atoms with E-state index in [1.54, 1.807) is 37.8 Å². The highest BCUT2D eigenvalue weighted by atomic mass is 15.1. The van der Waals surface area contributed by atoms with Gasteiger partial charge in [-0.1, -0.05) is 0 Å². The fourth-order valence-electron chi connectivity index (χ4n) is 3.12. The summed E-state index contributed by atoms with van der Waals surface area (Å²) in [5.41, 5.74) is 8.38. The molecule has 0 aromatic carbocycles. The maximum atomic E-state index is 8.87. The molecule has 0 spiro atoms. The summed E-state index contributed by atoms with van der Waals surface area (Å²) in [6.07, 6.45) is 8.74. The van der Waals surface area contributed by atoms with E-state index in [4.69, 9.17) is 11.0 Å². The first kappa shape index (κ1) is 20.2. The molecule has 0 radical (unpaired) electrons. The van der Waals surface area contributed by atoms with Crippen molar-refractivity contribution in [3.8, 4) is 6.07 Å². The van der Waals surface area contributed by atoms with Gasteiger partial charge in [-0.05, 0) is 44.0 Å². The Bertz CT molecular complexity index is 907. The van der Waals surface area contributed by atoms with Gasteiger partial charge in [0.2, 0.25) is 5.95 Å². The van der Waals surface area contributed by atoms with Crippen LogP contribution in [0.15, 0.2) is 35.7 Å². The predicted octanol–water partition coefficient (Wildman–Crippen LogP) is 1.90. The molecule has 0 saturated carbocycles. The lowest BCUT2D eigenvalue weighted by molar-refractivity contribution is 0.389. The van der Waals surface area contributed by atoms with Crippen LogP contribution >= 0.6 is 0 Å². The van der Waals surface area contributed by atoms with Gasteiger partial charge < -0.3 is 21.7 Å². The van der Waals surface area contributed by atoms with Crippen molar-refractivity contribution in [2.24, 2.45) is 16.6 Å². The molecule has 9 heteroatoms. The molecule has 0 atom stereocenters. The molecule has 2 aromatic rings. The lowest BCUT2D eigenvalue weighted by Gasteiger charge is -2.23. The lowest BCUT2D eigenvalue weighted by atomic mass is 9.98. The van der Waals surface area contributed by atoms with Crippen LogP contribution in [0.2, 0.25) is 0 Å². The third-order valence-corrected chi connectivity index (χ3v) is 4.70. The quantitative estimate of drug-likeness (QED) is 0.525. The highest BCUT2D eigenvalue weighted by molar-refractivity contribution is 6.11. The van der Waals surface area contributed by atoms with Crippen LogP contribution < -0.4 is 21.7 Å². The average molecular weight is 391 g/mol. The molecule has 1 saturated heterocycles. The monoisotopic (exact) mass is 391 g/mol. The van der Waals surface area contributed by atoms with Crippen molar-refractivity contribution in [3.63, 3.8) is 0 Å². The van der Waals surface area contributed by atoms with Gasteiger partial charge in [-0.2, -0.15) is 10.2 Å². The largest absolute Gasteiger partial charge is 0.404 e. The summed E-state index contributed by atoms with van der Waals surface area (Å²) in [7, 11) is 1.69. The topological polar surface area (TPSA) is 137 Å². The molecular weight excluding hydrogens is 366 g/mol. The van der Waals surface area contributed by atoms with E-state index in [1.807, 2.05) is 6.07 Å². The molecule has 3 heterocycles. The Labute approximate surface area is 170 Å². The molecule has 0 bridgehead atoms. The van der Waals surface area contributed by atoms with Crippen LogP contribution in [-0.4, -0.2) is 47.8 Å². The summed E-state index contributed by atoms with van der Waals surface area (Å²) >= 11 is 0. The van der Waals surface area contributed by atoms with Crippen LogP contribution in [0.1, 0.15) is 24.1 Å². The molecule has 3 rings (SSSR count). The van der Waals surface area contributed by atoms with Gasteiger partial charge >= 0.3 is 0 Å². The Balaban J connectivity index is 1.83. The van der Waals surface area contributed by atoms with Crippen molar-refractivity contribution in [2.75, 3.05) is 37.3 Å². The number of nitrogens with zero attached hydrogens (tertiary/aromatic N) is 5. The Morgan fingerprint density at radius 2 is 2.17 bits per heavy atom. The van der Waals surface area contributed by atoms with Crippen molar-refractivity contribution >= 4 is 29.2 Å². The summed E-state index contributed by atoms with van der Waals surface area (Å²) in [5, 5.41) is 18.8. The Morgan fingerprint density at radius 1 is 1.34 bits per heavy atom. The number of rotatable bonds is 7. The molecule has 150 valence electrons. The van der Waals surface area contributed by atoms with Gasteiger partial charge in [-0.25, -0.2) is 9.97 Å². The second-order valence-corrected chi connectivity index (χ2v) is 6.71. The van der Waals surface area contributed by atoms with Gasteiger partial charge in [0, 0.05) is 43.3 Å². The summed E-state index contributed by atoms with van der Waals surface area (Å²) in [5.74, 6) is 1.71. The number of aromatic nitrogens is 3. The van der Waals surface area contributed by atoms with Gasteiger partial charge in [0.1, 0.15) is 17.6 Å². The second-order valence-electron chi connectivity index (χ2n) is 6.71. The third-order valence-electron chi connectivity index (χ3n) is 4.70. The Morgan fingerprint density at radius 3 is 2.83 bits per heavy atom. The molecule has 29 heavy (non-hydrogen) atoms. The van der Waals surface area contributed by atoms with Crippen molar-refractivity contribution in [1.29, 1.82) is 5.26 Å².